The van der Waals surface area contributed by atoms with Crippen LogP contribution in [0.5, 0.6) is 0 Å². The molecule has 0 N–H and O–H groups in total. The van der Waals surface area contributed by atoms with E-state index >= 15 is 0 Å². The van der Waals surface area contributed by atoms with E-state index in [1.165, 1.54) is 58.6 Å². The van der Waals surface area contributed by atoms with Gasteiger partial charge in [-0.15, -0.1) is 11.3 Å². The van der Waals surface area contributed by atoms with Gasteiger partial charge in [0.2, 0.25) is 0 Å². The van der Waals surface area contributed by atoms with Crippen molar-refractivity contribution in [1.29, 1.82) is 0 Å². The largest absolute Gasteiger partial charge is 0.229 e. The second kappa shape index (κ2) is 15.5. The van der Waals surface area contributed by atoms with Gasteiger partial charge in [0.1, 0.15) is 0 Å². The Hall–Kier alpha value is -7.46. The molecule has 0 atom stereocenters. The molecule has 0 aliphatic heterocycles. The zero-order valence-corrected chi connectivity index (χ0v) is 33.2. The summed E-state index contributed by atoms with van der Waals surface area (Å²) in [5, 5.41) is 7.32. The maximum Gasteiger partial charge on any atom is 0.160 e. The maximum absolute atomic E-state index is 5.30. The molecule has 10 rings (SSSR count). The van der Waals surface area contributed by atoms with Crippen molar-refractivity contribution in [3.8, 4) is 33.4 Å². The van der Waals surface area contributed by atoms with E-state index in [2.05, 4.69) is 177 Å². The van der Waals surface area contributed by atoms with E-state index in [-0.39, 0.29) is 0 Å². The van der Waals surface area contributed by atoms with Crippen molar-refractivity contribution in [3.05, 3.63) is 236 Å². The fraction of sp³-hybridized carbons (Fsp3) is 0. The van der Waals surface area contributed by atoms with Crippen molar-refractivity contribution in [1.82, 2.24) is 0 Å². The van der Waals surface area contributed by atoms with Crippen LogP contribution in [0.25, 0.3) is 80.8 Å². The minimum absolute atomic E-state index is 0.575. The summed E-state index contributed by atoms with van der Waals surface area (Å²) in [6.07, 6.45) is 1.85. The lowest BCUT2D eigenvalue weighted by molar-refractivity contribution is 1.45. The van der Waals surface area contributed by atoms with Crippen LogP contribution in [0, 0.1) is 0 Å². The number of fused-ring (bicyclic) bond motifs is 6. The number of rotatable bonds is 8. The summed E-state index contributed by atoms with van der Waals surface area (Å²) in [7, 11) is 0. The molecular weight excluding hydrogens is 733 g/mol. The lowest BCUT2D eigenvalue weighted by Crippen LogP contribution is -2.06. The van der Waals surface area contributed by atoms with Crippen molar-refractivity contribution >= 4 is 70.3 Å². The third-order valence-electron chi connectivity index (χ3n) is 11.1. The van der Waals surface area contributed by atoms with E-state index in [0.717, 1.165) is 38.9 Å². The van der Waals surface area contributed by atoms with Gasteiger partial charge in [0.05, 0.1) is 11.4 Å². The summed E-state index contributed by atoms with van der Waals surface area (Å²) in [4.78, 5) is 10.4. The standard InChI is InChI=1S/C56H38N2S/c1-3-51(58-56(42-19-8-5-9-20-42)57-37(2)43-22-14-23-45(34-43)38-16-6-4-7-17-38)50-36-53-55(49-25-13-12-24-48(49)50)54-47(26-15-27-52(54)59-53)41-31-28-40(29-32-41)46-33-30-39-18-10-11-21-44(39)35-46/h3-36H,1-2H2. The molecule has 3 heteroatoms. The number of benzene rings is 9. The number of hydrogen-bond donors (Lipinski definition) is 0. The van der Waals surface area contributed by atoms with E-state index in [9.17, 15) is 0 Å². The van der Waals surface area contributed by atoms with Gasteiger partial charge in [-0.05, 0) is 85.3 Å². The first kappa shape index (κ1) is 35.9. The Balaban J connectivity index is 1.08. The molecule has 0 amide bonds. The SMILES string of the molecule is C=CC(=NC(=NC(=C)c1cccc(-c2ccccc2)c1)c1ccccc1)c1cc2sc3cccc(-c4ccc(-c5ccc6ccccc6c5)cc4)c3c2c2ccccc12. The highest BCUT2D eigenvalue weighted by Crippen LogP contribution is 2.44. The molecule has 2 nitrogen and oxygen atoms in total. The molecule has 0 saturated heterocycles. The monoisotopic (exact) mass is 770 g/mol. The lowest BCUT2D eigenvalue weighted by Gasteiger charge is -2.12. The van der Waals surface area contributed by atoms with Gasteiger partial charge in [-0.3, -0.25) is 0 Å². The van der Waals surface area contributed by atoms with Crippen molar-refractivity contribution in [2.45, 2.75) is 0 Å². The summed E-state index contributed by atoms with van der Waals surface area (Å²) >= 11 is 1.82. The van der Waals surface area contributed by atoms with Crippen LogP contribution in [0.4, 0.5) is 0 Å². The Morgan fingerprint density at radius 2 is 1.05 bits per heavy atom. The third kappa shape index (κ3) is 6.88. The van der Waals surface area contributed by atoms with Crippen molar-refractivity contribution in [2.24, 2.45) is 9.98 Å². The summed E-state index contributed by atoms with van der Waals surface area (Å²) in [6, 6.07) is 70.7. The molecule has 278 valence electrons. The van der Waals surface area contributed by atoms with E-state index in [4.69, 9.17) is 9.98 Å². The van der Waals surface area contributed by atoms with Gasteiger partial charge in [-0.1, -0.05) is 189 Å². The molecule has 0 radical (unpaired) electrons. The number of allylic oxidation sites excluding steroid dienone is 1. The first-order valence-electron chi connectivity index (χ1n) is 19.8. The van der Waals surface area contributed by atoms with Crippen LogP contribution in [0.15, 0.2) is 229 Å². The average Bonchev–Trinajstić information content (AvgIpc) is 3.70. The molecule has 0 aliphatic rings. The Bertz CT molecular complexity index is 3280. The van der Waals surface area contributed by atoms with E-state index < -0.39 is 0 Å². The van der Waals surface area contributed by atoms with E-state index in [1.807, 2.05) is 53.8 Å². The summed E-state index contributed by atoms with van der Waals surface area (Å²) < 4.78 is 2.44. The number of hydrogen-bond acceptors (Lipinski definition) is 2. The van der Waals surface area contributed by atoms with Crippen LogP contribution in [0.1, 0.15) is 16.7 Å². The fourth-order valence-corrected chi connectivity index (χ4v) is 9.31. The average molecular weight is 771 g/mol. The minimum Gasteiger partial charge on any atom is -0.229 e. The Morgan fingerprint density at radius 3 is 1.85 bits per heavy atom. The normalized spacial score (nSPS) is 12.1. The number of aliphatic imine (C=N–C) groups is 2. The number of thiophene rings is 1. The van der Waals surface area contributed by atoms with Crippen LogP contribution in [-0.2, 0) is 0 Å². The lowest BCUT2D eigenvalue weighted by atomic mass is 9.93. The smallest absolute Gasteiger partial charge is 0.160 e. The first-order valence-corrected chi connectivity index (χ1v) is 20.6. The van der Waals surface area contributed by atoms with Crippen LogP contribution in [0.2, 0.25) is 0 Å². The predicted octanol–water partition coefficient (Wildman–Crippen LogP) is 15.5. The van der Waals surface area contributed by atoms with Gasteiger partial charge in [0.25, 0.3) is 0 Å². The number of amidine groups is 1. The Morgan fingerprint density at radius 1 is 0.441 bits per heavy atom. The molecule has 0 fully saturated rings. The van der Waals surface area contributed by atoms with Crippen molar-refractivity contribution < 1.29 is 0 Å². The summed E-state index contributed by atoms with van der Waals surface area (Å²) in [5.41, 5.74) is 11.3. The minimum atomic E-state index is 0.575. The van der Waals surface area contributed by atoms with Gasteiger partial charge in [-0.2, -0.15) is 0 Å². The van der Waals surface area contributed by atoms with E-state index in [0.29, 0.717) is 11.5 Å². The number of nitrogens with zero attached hydrogens (tertiary/aromatic N) is 2. The summed E-state index contributed by atoms with van der Waals surface area (Å²) in [5.74, 6) is 0.575. The van der Waals surface area contributed by atoms with Gasteiger partial charge in [0, 0.05) is 36.9 Å². The second-order valence-electron chi connectivity index (χ2n) is 14.7. The zero-order valence-electron chi connectivity index (χ0n) is 32.3. The maximum atomic E-state index is 5.30. The highest BCUT2D eigenvalue weighted by atomic mass is 32.1. The van der Waals surface area contributed by atoms with Gasteiger partial charge in [0.15, 0.2) is 5.84 Å². The molecular formula is C56H38N2S. The molecule has 1 heterocycles. The van der Waals surface area contributed by atoms with Crippen LogP contribution in [0.3, 0.4) is 0 Å². The Kier molecular flexibility index (Phi) is 9.42. The highest BCUT2D eigenvalue weighted by Gasteiger charge is 2.18. The zero-order chi connectivity index (χ0) is 39.7. The molecule has 0 unspecified atom stereocenters. The van der Waals surface area contributed by atoms with Gasteiger partial charge in [-0.25, -0.2) is 9.98 Å². The van der Waals surface area contributed by atoms with Gasteiger partial charge < -0.3 is 0 Å². The molecule has 9 aromatic carbocycles. The molecule has 0 saturated carbocycles. The molecule has 0 spiro atoms. The van der Waals surface area contributed by atoms with Crippen LogP contribution in [-0.4, -0.2) is 11.5 Å². The topological polar surface area (TPSA) is 24.7 Å². The van der Waals surface area contributed by atoms with Gasteiger partial charge >= 0.3 is 0 Å². The van der Waals surface area contributed by atoms with Crippen LogP contribution >= 0.6 is 11.3 Å². The molecule has 1 aromatic heterocycles. The fourth-order valence-electron chi connectivity index (χ4n) is 8.12. The van der Waals surface area contributed by atoms with Crippen LogP contribution < -0.4 is 0 Å². The molecule has 10 aromatic rings. The molecule has 0 aliphatic carbocycles. The van der Waals surface area contributed by atoms with E-state index in [1.54, 1.807) is 0 Å². The van der Waals surface area contributed by atoms with Crippen molar-refractivity contribution in [3.63, 3.8) is 0 Å². The quantitative estimate of drug-likeness (QED) is 0.109. The first-order chi connectivity index (χ1) is 29.1. The Labute approximate surface area is 348 Å². The highest BCUT2D eigenvalue weighted by molar-refractivity contribution is 7.26. The second-order valence-corrected chi connectivity index (χ2v) is 15.7. The van der Waals surface area contributed by atoms with Crippen molar-refractivity contribution in [2.75, 3.05) is 0 Å². The molecule has 0 bridgehead atoms. The third-order valence-corrected chi connectivity index (χ3v) is 12.2. The summed E-state index contributed by atoms with van der Waals surface area (Å²) in [6.45, 7) is 8.72. The molecule has 59 heavy (non-hydrogen) atoms. The predicted molar refractivity (Wildman–Crippen MR) is 256 cm³/mol.